The SMILES string of the molecule is O=Cc1c(F)c(Br)cc(F)c1Cl. The number of carbonyl (C=O) groups excluding carboxylic acids is 1. The molecule has 0 heterocycles. The van der Waals surface area contributed by atoms with E-state index in [2.05, 4.69) is 15.9 Å². The van der Waals surface area contributed by atoms with Crippen molar-refractivity contribution in [2.24, 2.45) is 0 Å². The van der Waals surface area contributed by atoms with Crippen molar-refractivity contribution in [3.05, 3.63) is 32.8 Å². The van der Waals surface area contributed by atoms with Gasteiger partial charge in [-0.3, -0.25) is 4.79 Å². The first-order valence-corrected chi connectivity index (χ1v) is 4.03. The number of hydrogen-bond acceptors (Lipinski definition) is 1. The Labute approximate surface area is 80.5 Å². The Kier molecular flexibility index (Phi) is 2.80. The minimum absolute atomic E-state index is 0.119. The summed E-state index contributed by atoms with van der Waals surface area (Å²) in [5.74, 6) is -1.68. The molecule has 0 saturated heterocycles. The van der Waals surface area contributed by atoms with E-state index in [0.29, 0.717) is 0 Å². The molecule has 0 saturated carbocycles. The van der Waals surface area contributed by atoms with Gasteiger partial charge in [-0.25, -0.2) is 8.78 Å². The fourth-order valence-electron chi connectivity index (χ4n) is 0.695. The summed E-state index contributed by atoms with van der Waals surface area (Å²) in [5, 5.41) is -0.495. The molecular formula is C7H2BrClF2O. The molecule has 0 amide bonds. The summed E-state index contributed by atoms with van der Waals surface area (Å²) in [6.07, 6.45) is 0.172. The van der Waals surface area contributed by atoms with E-state index in [9.17, 15) is 13.6 Å². The van der Waals surface area contributed by atoms with Crippen LogP contribution in [0.15, 0.2) is 10.5 Å². The van der Waals surface area contributed by atoms with E-state index in [1.54, 1.807) is 0 Å². The molecule has 0 aliphatic rings. The van der Waals surface area contributed by atoms with Crippen LogP contribution in [0.25, 0.3) is 0 Å². The van der Waals surface area contributed by atoms with Crippen molar-refractivity contribution in [3.63, 3.8) is 0 Å². The third-order valence-electron chi connectivity index (χ3n) is 1.26. The summed E-state index contributed by atoms with van der Waals surface area (Å²) in [7, 11) is 0. The summed E-state index contributed by atoms with van der Waals surface area (Å²) in [6, 6.07) is 0.866. The third kappa shape index (κ3) is 1.49. The van der Waals surface area contributed by atoms with Crippen molar-refractivity contribution >= 4 is 33.8 Å². The molecule has 0 fully saturated rings. The van der Waals surface area contributed by atoms with Crippen molar-refractivity contribution in [3.8, 4) is 0 Å². The highest BCUT2D eigenvalue weighted by Gasteiger charge is 2.14. The average molecular weight is 255 g/mol. The van der Waals surface area contributed by atoms with Gasteiger partial charge >= 0.3 is 0 Å². The lowest BCUT2D eigenvalue weighted by atomic mass is 10.2. The van der Waals surface area contributed by atoms with E-state index < -0.39 is 22.2 Å². The zero-order valence-electron chi connectivity index (χ0n) is 5.57. The van der Waals surface area contributed by atoms with E-state index >= 15 is 0 Å². The fraction of sp³-hybridized carbons (Fsp3) is 0. The van der Waals surface area contributed by atoms with Gasteiger partial charge in [0.1, 0.15) is 11.6 Å². The molecule has 0 aromatic heterocycles. The molecule has 1 nitrogen and oxygen atoms in total. The number of carbonyl (C=O) groups is 1. The van der Waals surface area contributed by atoms with Gasteiger partial charge in [0, 0.05) is 0 Å². The maximum atomic E-state index is 12.9. The van der Waals surface area contributed by atoms with Crippen molar-refractivity contribution in [2.45, 2.75) is 0 Å². The highest BCUT2D eigenvalue weighted by Crippen LogP contribution is 2.27. The lowest BCUT2D eigenvalue weighted by Gasteiger charge is -2.01. The molecule has 1 rings (SSSR count). The van der Waals surface area contributed by atoms with Crippen LogP contribution in [0.4, 0.5) is 8.78 Å². The Bertz CT molecular complexity index is 314. The van der Waals surface area contributed by atoms with E-state index in [1.165, 1.54) is 0 Å². The highest BCUT2D eigenvalue weighted by atomic mass is 79.9. The predicted octanol–water partition coefficient (Wildman–Crippen LogP) is 3.19. The molecule has 64 valence electrons. The molecule has 12 heavy (non-hydrogen) atoms. The molecule has 0 atom stereocenters. The molecule has 0 unspecified atom stereocenters. The van der Waals surface area contributed by atoms with Gasteiger partial charge in [0.05, 0.1) is 15.1 Å². The van der Waals surface area contributed by atoms with Crippen molar-refractivity contribution < 1.29 is 13.6 Å². The van der Waals surface area contributed by atoms with Gasteiger partial charge < -0.3 is 0 Å². The molecule has 0 spiro atoms. The van der Waals surface area contributed by atoms with Crippen molar-refractivity contribution in [1.82, 2.24) is 0 Å². The Morgan fingerprint density at radius 3 is 2.58 bits per heavy atom. The number of hydrogen-bond donors (Lipinski definition) is 0. The predicted molar refractivity (Wildman–Crippen MR) is 44.5 cm³/mol. The van der Waals surface area contributed by atoms with Crippen molar-refractivity contribution in [2.75, 3.05) is 0 Å². The lowest BCUT2D eigenvalue weighted by Crippen LogP contribution is -1.93. The van der Waals surface area contributed by atoms with Crippen LogP contribution in [-0.4, -0.2) is 6.29 Å². The van der Waals surface area contributed by atoms with Crippen LogP contribution in [-0.2, 0) is 0 Å². The van der Waals surface area contributed by atoms with Crippen LogP contribution in [0, 0.1) is 11.6 Å². The van der Waals surface area contributed by atoms with Gasteiger partial charge in [0.25, 0.3) is 0 Å². The molecule has 0 radical (unpaired) electrons. The van der Waals surface area contributed by atoms with Crippen LogP contribution < -0.4 is 0 Å². The fourth-order valence-corrected chi connectivity index (χ4v) is 1.29. The summed E-state index contributed by atoms with van der Waals surface area (Å²) in [4.78, 5) is 10.2. The van der Waals surface area contributed by atoms with Crippen LogP contribution in [0.5, 0.6) is 0 Å². The molecular weight excluding hydrogens is 253 g/mol. The Morgan fingerprint density at radius 2 is 2.08 bits per heavy atom. The quantitative estimate of drug-likeness (QED) is 0.556. The minimum atomic E-state index is -0.851. The van der Waals surface area contributed by atoms with E-state index in [-0.39, 0.29) is 10.8 Å². The van der Waals surface area contributed by atoms with Gasteiger partial charge in [-0.2, -0.15) is 0 Å². The Balaban J connectivity index is 3.52. The zero-order chi connectivity index (χ0) is 9.30. The van der Waals surface area contributed by atoms with Gasteiger partial charge in [0.15, 0.2) is 6.29 Å². The summed E-state index contributed by atoms with van der Waals surface area (Å²) < 4.78 is 25.5. The van der Waals surface area contributed by atoms with Crippen LogP contribution >= 0.6 is 27.5 Å². The topological polar surface area (TPSA) is 17.1 Å². The standard InChI is InChI=1S/C7H2BrClF2O/c8-4-1-5(10)6(9)3(2-12)7(4)11/h1-2H. The molecule has 5 heteroatoms. The first kappa shape index (κ1) is 9.61. The first-order chi connectivity index (χ1) is 5.57. The molecule has 0 aliphatic carbocycles. The zero-order valence-corrected chi connectivity index (χ0v) is 7.92. The second kappa shape index (κ2) is 3.49. The maximum Gasteiger partial charge on any atom is 0.154 e. The van der Waals surface area contributed by atoms with Gasteiger partial charge in [-0.05, 0) is 22.0 Å². The van der Waals surface area contributed by atoms with Gasteiger partial charge in [-0.1, -0.05) is 11.6 Å². The third-order valence-corrected chi connectivity index (χ3v) is 2.22. The smallest absolute Gasteiger partial charge is 0.154 e. The summed E-state index contributed by atoms with van der Waals surface area (Å²) in [5.41, 5.74) is -0.469. The normalized spacial score (nSPS) is 10.0. The highest BCUT2D eigenvalue weighted by molar-refractivity contribution is 9.10. The van der Waals surface area contributed by atoms with Crippen LogP contribution in [0.2, 0.25) is 5.02 Å². The summed E-state index contributed by atoms with van der Waals surface area (Å²) >= 11 is 8.04. The molecule has 0 bridgehead atoms. The number of rotatable bonds is 1. The monoisotopic (exact) mass is 254 g/mol. The van der Waals surface area contributed by atoms with E-state index in [4.69, 9.17) is 11.6 Å². The van der Waals surface area contributed by atoms with Crippen LogP contribution in [0.1, 0.15) is 10.4 Å². The van der Waals surface area contributed by atoms with E-state index in [0.717, 1.165) is 6.07 Å². The summed E-state index contributed by atoms with van der Waals surface area (Å²) in [6.45, 7) is 0. The number of benzene rings is 1. The first-order valence-electron chi connectivity index (χ1n) is 2.86. The number of aldehydes is 1. The lowest BCUT2D eigenvalue weighted by molar-refractivity contribution is 0.111. The minimum Gasteiger partial charge on any atom is -0.298 e. The second-order valence-corrected chi connectivity index (χ2v) is 3.23. The Morgan fingerprint density at radius 1 is 1.50 bits per heavy atom. The van der Waals surface area contributed by atoms with Crippen molar-refractivity contribution in [1.29, 1.82) is 0 Å². The molecule has 0 aliphatic heterocycles. The maximum absolute atomic E-state index is 12.9. The molecule has 1 aromatic rings. The van der Waals surface area contributed by atoms with Crippen LogP contribution in [0.3, 0.4) is 0 Å². The molecule has 0 N–H and O–H groups in total. The average Bonchev–Trinajstić information content (AvgIpc) is 2.02. The van der Waals surface area contributed by atoms with E-state index in [1.807, 2.05) is 0 Å². The van der Waals surface area contributed by atoms with Gasteiger partial charge in [-0.15, -0.1) is 0 Å². The second-order valence-electron chi connectivity index (χ2n) is 2.00. The number of halogens is 4. The molecule has 1 aromatic carbocycles. The Hall–Kier alpha value is -0.480. The van der Waals surface area contributed by atoms with Gasteiger partial charge in [0.2, 0.25) is 0 Å². The largest absolute Gasteiger partial charge is 0.298 e.